The second-order valence-electron chi connectivity index (χ2n) is 10.8. The Morgan fingerprint density at radius 3 is 1.45 bits per heavy atom. The Kier molecular flexibility index (Phi) is 9.37. The SMILES string of the molecule is CN1N[C@@]12O[C@H](COCc1ccccc1)[C@@H](OCc1ccccc1)[C@H](OCc1ccccc1)[C@H]2OCc1ccccc1. The summed E-state index contributed by atoms with van der Waals surface area (Å²) in [5.74, 6) is -0.858. The van der Waals surface area contributed by atoms with Crippen LogP contribution in [0.2, 0.25) is 0 Å². The predicted octanol–water partition coefficient (Wildman–Crippen LogP) is 5.46. The summed E-state index contributed by atoms with van der Waals surface area (Å²) in [5, 5.41) is 1.94. The predicted molar refractivity (Wildman–Crippen MR) is 160 cm³/mol. The molecule has 0 aliphatic carbocycles. The number of nitrogens with zero attached hydrogens (tertiary/aromatic N) is 1. The van der Waals surface area contributed by atoms with Gasteiger partial charge in [0.25, 0.3) is 0 Å². The van der Waals surface area contributed by atoms with Crippen LogP contribution >= 0.6 is 0 Å². The average molecular weight is 567 g/mol. The summed E-state index contributed by atoms with van der Waals surface area (Å²) in [6.45, 7) is 2.06. The van der Waals surface area contributed by atoms with Crippen molar-refractivity contribution in [2.75, 3.05) is 13.7 Å². The first kappa shape index (κ1) is 28.7. The summed E-state index contributed by atoms with van der Waals surface area (Å²) in [4.78, 5) is 0. The summed E-state index contributed by atoms with van der Waals surface area (Å²) in [6, 6.07) is 40.7. The number of hydrazine groups is 1. The topological polar surface area (TPSA) is 71.1 Å². The van der Waals surface area contributed by atoms with E-state index in [0.717, 1.165) is 22.3 Å². The van der Waals surface area contributed by atoms with Crippen LogP contribution in [0.15, 0.2) is 121 Å². The number of benzene rings is 4. The van der Waals surface area contributed by atoms with Crippen molar-refractivity contribution in [2.24, 2.45) is 0 Å². The Morgan fingerprint density at radius 1 is 0.595 bits per heavy atom. The van der Waals surface area contributed by atoms with Gasteiger partial charge in [0.15, 0.2) is 0 Å². The summed E-state index contributed by atoms with van der Waals surface area (Å²) in [5.41, 5.74) is 7.72. The molecular formula is C35H38N2O5. The minimum absolute atomic E-state index is 0.336. The second-order valence-corrected chi connectivity index (χ2v) is 10.8. The second kappa shape index (κ2) is 13.7. The summed E-state index contributed by atoms with van der Waals surface area (Å²) in [7, 11) is 1.96. The molecule has 6 atom stereocenters. The van der Waals surface area contributed by atoms with Crippen LogP contribution in [0.3, 0.4) is 0 Å². The summed E-state index contributed by atoms with van der Waals surface area (Å²) >= 11 is 0. The molecule has 1 unspecified atom stereocenters. The quantitative estimate of drug-likeness (QED) is 0.216. The molecule has 2 fully saturated rings. The maximum Gasteiger partial charge on any atom is 0.233 e. The Hall–Kier alpha value is -3.40. The summed E-state index contributed by atoms with van der Waals surface area (Å²) in [6.07, 6.45) is -1.79. The fourth-order valence-electron chi connectivity index (χ4n) is 5.43. The highest BCUT2D eigenvalue weighted by Crippen LogP contribution is 2.42. The van der Waals surface area contributed by atoms with Crippen molar-refractivity contribution in [1.29, 1.82) is 0 Å². The van der Waals surface area contributed by atoms with Gasteiger partial charge in [-0.15, -0.1) is 0 Å². The zero-order chi connectivity index (χ0) is 28.6. The van der Waals surface area contributed by atoms with Crippen LogP contribution in [0, 0.1) is 0 Å². The van der Waals surface area contributed by atoms with Crippen LogP contribution in [-0.2, 0) is 50.1 Å². The zero-order valence-corrected chi connectivity index (χ0v) is 23.9. The van der Waals surface area contributed by atoms with Crippen molar-refractivity contribution in [3.05, 3.63) is 144 Å². The fraction of sp³-hybridized carbons (Fsp3) is 0.314. The van der Waals surface area contributed by atoms with Crippen LogP contribution in [0.1, 0.15) is 22.3 Å². The van der Waals surface area contributed by atoms with E-state index in [4.69, 9.17) is 23.7 Å². The van der Waals surface area contributed by atoms with Gasteiger partial charge in [0, 0.05) is 7.05 Å². The molecule has 1 N–H and O–H groups in total. The molecule has 218 valence electrons. The lowest BCUT2D eigenvalue weighted by Gasteiger charge is -2.45. The molecule has 6 rings (SSSR count). The molecule has 2 saturated heterocycles. The molecular weight excluding hydrogens is 528 g/mol. The molecule has 42 heavy (non-hydrogen) atoms. The molecule has 7 heteroatoms. The molecule has 1 spiro atoms. The molecule has 0 radical (unpaired) electrons. The lowest BCUT2D eigenvalue weighted by atomic mass is 9.95. The van der Waals surface area contributed by atoms with Crippen LogP contribution < -0.4 is 5.43 Å². The standard InChI is InChI=1S/C35H38N2O5/c1-37-35(36-37)34(41-25-30-20-12-5-13-21-30)33(40-24-29-18-10-4-11-19-29)32(39-23-28-16-8-3-9-17-28)31(42-35)26-38-22-27-14-6-2-7-15-27/h2-21,31-34,36H,22-26H2,1H3/t31-,32-,33+,34-,35-,37?/m1/s1. The minimum atomic E-state index is -0.858. The number of likely N-dealkylation sites (N-methyl/N-ethyl adjacent to an activating group) is 1. The van der Waals surface area contributed by atoms with Crippen molar-refractivity contribution >= 4 is 0 Å². The van der Waals surface area contributed by atoms with Crippen molar-refractivity contribution < 1.29 is 23.7 Å². The van der Waals surface area contributed by atoms with Crippen LogP contribution in [0.5, 0.6) is 0 Å². The first-order valence-corrected chi connectivity index (χ1v) is 14.5. The van der Waals surface area contributed by atoms with E-state index in [9.17, 15) is 0 Å². The molecule has 4 aromatic rings. The van der Waals surface area contributed by atoms with Crippen molar-refractivity contribution in [3.63, 3.8) is 0 Å². The van der Waals surface area contributed by atoms with E-state index in [1.54, 1.807) is 0 Å². The van der Waals surface area contributed by atoms with Crippen molar-refractivity contribution in [1.82, 2.24) is 10.4 Å². The third kappa shape index (κ3) is 6.97. The highest BCUT2D eigenvalue weighted by Gasteiger charge is 2.67. The van der Waals surface area contributed by atoms with Gasteiger partial charge in [-0.1, -0.05) is 121 Å². The van der Waals surface area contributed by atoms with Gasteiger partial charge in [0.1, 0.15) is 24.4 Å². The average Bonchev–Trinajstić information content (AvgIpc) is 3.69. The number of hydrogen-bond donors (Lipinski definition) is 1. The van der Waals surface area contributed by atoms with Gasteiger partial charge in [-0.05, 0) is 22.3 Å². The first-order chi connectivity index (χ1) is 20.7. The largest absolute Gasteiger partial charge is 0.374 e. The number of nitrogens with one attached hydrogen (secondary N) is 1. The van der Waals surface area contributed by atoms with Crippen molar-refractivity contribution in [3.8, 4) is 0 Å². The molecule has 0 amide bonds. The highest BCUT2D eigenvalue weighted by atomic mass is 16.7. The van der Waals surface area contributed by atoms with Gasteiger partial charge in [-0.2, -0.15) is 5.01 Å². The lowest BCUT2D eigenvalue weighted by Crippen LogP contribution is -2.64. The van der Waals surface area contributed by atoms with Gasteiger partial charge in [-0.25, -0.2) is 5.43 Å². The third-order valence-electron chi connectivity index (χ3n) is 7.72. The summed E-state index contributed by atoms with van der Waals surface area (Å²) < 4.78 is 33.1. The Morgan fingerprint density at radius 2 is 1.00 bits per heavy atom. The molecule has 0 aromatic heterocycles. The molecule has 0 saturated carbocycles. The van der Waals surface area contributed by atoms with E-state index in [0.29, 0.717) is 33.0 Å². The van der Waals surface area contributed by atoms with E-state index in [1.165, 1.54) is 0 Å². The van der Waals surface area contributed by atoms with Gasteiger partial charge in [0.05, 0.1) is 33.0 Å². The van der Waals surface area contributed by atoms with Crippen LogP contribution in [0.4, 0.5) is 0 Å². The Bertz CT molecular complexity index is 1360. The first-order valence-electron chi connectivity index (χ1n) is 14.5. The van der Waals surface area contributed by atoms with E-state index in [2.05, 4.69) is 54.0 Å². The van der Waals surface area contributed by atoms with Gasteiger partial charge in [-0.3, -0.25) is 0 Å². The molecule has 0 bridgehead atoms. The fourth-order valence-corrected chi connectivity index (χ4v) is 5.43. The Labute approximate surface area is 247 Å². The van der Waals surface area contributed by atoms with Crippen LogP contribution in [-0.4, -0.2) is 48.9 Å². The molecule has 2 aliphatic rings. The normalized spacial score (nSPS) is 26.7. The number of rotatable bonds is 13. The van der Waals surface area contributed by atoms with E-state index in [1.807, 2.05) is 84.9 Å². The maximum atomic E-state index is 6.78. The van der Waals surface area contributed by atoms with E-state index < -0.39 is 30.3 Å². The number of ether oxygens (including phenoxy) is 5. The van der Waals surface area contributed by atoms with Crippen LogP contribution in [0.25, 0.3) is 0 Å². The molecule has 7 nitrogen and oxygen atoms in total. The van der Waals surface area contributed by atoms with E-state index in [-0.39, 0.29) is 0 Å². The molecule has 4 aromatic carbocycles. The van der Waals surface area contributed by atoms with Crippen molar-refractivity contribution in [2.45, 2.75) is 56.7 Å². The smallest absolute Gasteiger partial charge is 0.233 e. The monoisotopic (exact) mass is 566 g/mol. The molecule has 2 aliphatic heterocycles. The maximum absolute atomic E-state index is 6.78. The van der Waals surface area contributed by atoms with Gasteiger partial charge < -0.3 is 23.7 Å². The minimum Gasteiger partial charge on any atom is -0.374 e. The van der Waals surface area contributed by atoms with Gasteiger partial charge >= 0.3 is 0 Å². The third-order valence-corrected chi connectivity index (χ3v) is 7.72. The van der Waals surface area contributed by atoms with E-state index >= 15 is 0 Å². The Balaban J connectivity index is 1.27. The van der Waals surface area contributed by atoms with Gasteiger partial charge in [0.2, 0.25) is 5.85 Å². The molecule has 2 heterocycles. The highest BCUT2D eigenvalue weighted by molar-refractivity contribution is 5.17. The zero-order valence-electron chi connectivity index (χ0n) is 23.9. The lowest BCUT2D eigenvalue weighted by molar-refractivity contribution is -0.293. The number of hydrogen-bond acceptors (Lipinski definition) is 7.